The molecule has 3 rings (SSSR count). The largest absolute Gasteiger partial charge is 0.398 e. The van der Waals surface area contributed by atoms with Crippen LogP contribution < -0.4 is 11.5 Å². The van der Waals surface area contributed by atoms with Crippen LogP contribution in [0.2, 0.25) is 0 Å². The number of nitrogens with one attached hydrogen (secondary N) is 1. The van der Waals surface area contributed by atoms with Crippen molar-refractivity contribution >= 4 is 28.5 Å². The molecule has 0 saturated carbocycles. The molecule has 24 heavy (non-hydrogen) atoms. The first-order valence-electron chi connectivity index (χ1n) is 7.71. The van der Waals surface area contributed by atoms with Crippen LogP contribution in [0.1, 0.15) is 31.0 Å². The molecule has 0 fully saturated rings. The molecule has 0 amide bonds. The summed E-state index contributed by atoms with van der Waals surface area (Å²) in [6.45, 7) is 4.07. The molecule has 0 spiro atoms. The molecule has 0 saturated heterocycles. The van der Waals surface area contributed by atoms with E-state index in [9.17, 15) is 4.39 Å². The van der Waals surface area contributed by atoms with Crippen LogP contribution in [0.15, 0.2) is 36.4 Å². The quantitative estimate of drug-likeness (QED) is 0.495. The van der Waals surface area contributed by atoms with Crippen molar-refractivity contribution in [3.05, 3.63) is 53.5 Å². The number of hydrogen-bond donors (Lipinski definition) is 3. The minimum absolute atomic E-state index is 0.137. The Labute approximate surface area is 139 Å². The summed E-state index contributed by atoms with van der Waals surface area (Å²) in [7, 11) is 0. The van der Waals surface area contributed by atoms with Crippen LogP contribution in [0.4, 0.5) is 15.9 Å². The van der Waals surface area contributed by atoms with E-state index in [-0.39, 0.29) is 11.7 Å². The zero-order chi connectivity index (χ0) is 17.4. The second kappa shape index (κ2) is 5.92. The Bertz CT molecular complexity index is 930. The predicted octanol–water partition coefficient (Wildman–Crippen LogP) is 4.33. The third kappa shape index (κ3) is 2.58. The number of halogens is 1. The van der Waals surface area contributed by atoms with Gasteiger partial charge in [-0.2, -0.15) is 0 Å². The first-order valence-corrected chi connectivity index (χ1v) is 7.71. The van der Waals surface area contributed by atoms with Crippen LogP contribution in [-0.4, -0.2) is 11.2 Å². The number of nitrogens with two attached hydrogens (primary N) is 2. The molecule has 5 heteroatoms. The highest BCUT2D eigenvalue weighted by molar-refractivity contribution is 6.07. The van der Waals surface area contributed by atoms with Gasteiger partial charge in [0.1, 0.15) is 11.6 Å². The van der Waals surface area contributed by atoms with Crippen molar-refractivity contribution in [2.45, 2.75) is 19.8 Å². The number of fused-ring (bicyclic) bond motifs is 1. The van der Waals surface area contributed by atoms with E-state index >= 15 is 0 Å². The van der Waals surface area contributed by atoms with Gasteiger partial charge < -0.3 is 16.9 Å². The van der Waals surface area contributed by atoms with Gasteiger partial charge in [-0.25, -0.2) is 9.37 Å². The summed E-state index contributed by atoms with van der Waals surface area (Å²) in [6, 6.07) is 9.91. The molecule has 0 atom stereocenters. The molecule has 4 nitrogen and oxygen atoms in total. The molecule has 0 aliphatic rings. The third-order valence-corrected chi connectivity index (χ3v) is 4.10. The standard InChI is InChI=1S/C19H19FN4/c1-10(2)18-17(11-3-5-13(20)6-4-11)14-7-12(9-21)16(22)8-15(14)19(23)24-18/h3-10,21H,22H2,1-2H3,(H2,23,24). The summed E-state index contributed by atoms with van der Waals surface area (Å²) in [6.07, 6.45) is 1.22. The maximum absolute atomic E-state index is 13.3. The van der Waals surface area contributed by atoms with E-state index in [0.717, 1.165) is 27.6 Å². The van der Waals surface area contributed by atoms with Gasteiger partial charge in [-0.15, -0.1) is 0 Å². The van der Waals surface area contributed by atoms with Crippen LogP contribution in [-0.2, 0) is 0 Å². The zero-order valence-corrected chi connectivity index (χ0v) is 13.6. The molecule has 2 aromatic carbocycles. The van der Waals surface area contributed by atoms with Gasteiger partial charge in [-0.1, -0.05) is 26.0 Å². The molecule has 122 valence electrons. The van der Waals surface area contributed by atoms with E-state index in [0.29, 0.717) is 17.1 Å². The van der Waals surface area contributed by atoms with Crippen molar-refractivity contribution in [2.24, 2.45) is 0 Å². The van der Waals surface area contributed by atoms with Crippen LogP contribution in [0.25, 0.3) is 21.9 Å². The van der Waals surface area contributed by atoms with Gasteiger partial charge in [0, 0.05) is 28.4 Å². The number of rotatable bonds is 3. The summed E-state index contributed by atoms with van der Waals surface area (Å²) < 4.78 is 13.3. The van der Waals surface area contributed by atoms with Crippen molar-refractivity contribution in [2.75, 3.05) is 11.5 Å². The summed E-state index contributed by atoms with van der Waals surface area (Å²) in [5, 5.41) is 9.16. The number of hydrogen-bond acceptors (Lipinski definition) is 4. The second-order valence-electron chi connectivity index (χ2n) is 6.09. The average molecular weight is 322 g/mol. The molecule has 1 heterocycles. The molecular weight excluding hydrogens is 303 g/mol. The molecule has 5 N–H and O–H groups in total. The summed E-state index contributed by atoms with van der Waals surface area (Å²) in [5.41, 5.74) is 15.8. The van der Waals surface area contributed by atoms with Crippen molar-refractivity contribution in [3.63, 3.8) is 0 Å². The van der Waals surface area contributed by atoms with Crippen LogP contribution in [0, 0.1) is 11.2 Å². The Balaban J connectivity index is 2.47. The lowest BCUT2D eigenvalue weighted by Crippen LogP contribution is -2.04. The number of anilines is 2. The summed E-state index contributed by atoms with van der Waals surface area (Å²) in [4.78, 5) is 4.57. The predicted molar refractivity (Wildman–Crippen MR) is 97.9 cm³/mol. The number of aromatic nitrogens is 1. The van der Waals surface area contributed by atoms with E-state index in [2.05, 4.69) is 4.98 Å². The van der Waals surface area contributed by atoms with E-state index in [1.54, 1.807) is 18.2 Å². The Morgan fingerprint density at radius 3 is 2.33 bits per heavy atom. The number of nitrogen functional groups attached to an aromatic ring is 2. The zero-order valence-electron chi connectivity index (χ0n) is 13.6. The normalized spacial score (nSPS) is 11.2. The van der Waals surface area contributed by atoms with Gasteiger partial charge in [-0.3, -0.25) is 0 Å². The van der Waals surface area contributed by atoms with Gasteiger partial charge in [0.15, 0.2) is 0 Å². The van der Waals surface area contributed by atoms with E-state index in [1.165, 1.54) is 18.3 Å². The molecule has 0 bridgehead atoms. The van der Waals surface area contributed by atoms with Crippen molar-refractivity contribution < 1.29 is 4.39 Å². The number of benzene rings is 2. The third-order valence-electron chi connectivity index (χ3n) is 4.10. The lowest BCUT2D eigenvalue weighted by Gasteiger charge is -2.18. The summed E-state index contributed by atoms with van der Waals surface area (Å²) in [5.74, 6) is 0.252. The van der Waals surface area contributed by atoms with Crippen molar-refractivity contribution in [3.8, 4) is 11.1 Å². The van der Waals surface area contributed by atoms with Gasteiger partial charge in [0.2, 0.25) is 0 Å². The average Bonchev–Trinajstić information content (AvgIpc) is 2.55. The first kappa shape index (κ1) is 15.9. The van der Waals surface area contributed by atoms with Gasteiger partial charge in [-0.05, 0) is 41.1 Å². The Morgan fingerprint density at radius 2 is 1.75 bits per heavy atom. The highest BCUT2D eigenvalue weighted by atomic mass is 19.1. The van der Waals surface area contributed by atoms with Gasteiger partial charge in [0.25, 0.3) is 0 Å². The van der Waals surface area contributed by atoms with E-state index in [4.69, 9.17) is 16.9 Å². The Hall–Kier alpha value is -2.95. The van der Waals surface area contributed by atoms with Crippen LogP contribution >= 0.6 is 0 Å². The van der Waals surface area contributed by atoms with Crippen molar-refractivity contribution in [1.82, 2.24) is 4.98 Å². The Kier molecular flexibility index (Phi) is 3.93. The molecule has 3 aromatic rings. The lowest BCUT2D eigenvalue weighted by molar-refractivity contribution is 0.628. The van der Waals surface area contributed by atoms with Crippen LogP contribution in [0.3, 0.4) is 0 Å². The first-order chi connectivity index (χ1) is 11.4. The van der Waals surface area contributed by atoms with Crippen LogP contribution in [0.5, 0.6) is 0 Å². The minimum Gasteiger partial charge on any atom is -0.398 e. The van der Waals surface area contributed by atoms with E-state index in [1.807, 2.05) is 19.9 Å². The van der Waals surface area contributed by atoms with Crippen molar-refractivity contribution in [1.29, 1.82) is 5.41 Å². The molecule has 0 aliphatic heterocycles. The second-order valence-corrected chi connectivity index (χ2v) is 6.09. The fraction of sp³-hybridized carbons (Fsp3) is 0.158. The SMILES string of the molecule is CC(C)c1nc(N)c2cc(N)c(C=N)cc2c1-c1ccc(F)cc1. The molecule has 0 radical (unpaired) electrons. The topological polar surface area (TPSA) is 88.8 Å². The monoisotopic (exact) mass is 322 g/mol. The number of nitrogens with zero attached hydrogens (tertiary/aromatic N) is 1. The minimum atomic E-state index is -0.290. The fourth-order valence-electron chi connectivity index (χ4n) is 2.90. The fourth-order valence-corrected chi connectivity index (χ4v) is 2.90. The molecular formula is C19H19FN4. The molecule has 0 aliphatic carbocycles. The Morgan fingerprint density at radius 1 is 1.08 bits per heavy atom. The van der Waals surface area contributed by atoms with Gasteiger partial charge >= 0.3 is 0 Å². The van der Waals surface area contributed by atoms with E-state index < -0.39 is 0 Å². The maximum atomic E-state index is 13.3. The highest BCUT2D eigenvalue weighted by Crippen LogP contribution is 2.38. The van der Waals surface area contributed by atoms with Gasteiger partial charge in [0.05, 0.1) is 5.69 Å². The summed E-state index contributed by atoms with van der Waals surface area (Å²) >= 11 is 0. The maximum Gasteiger partial charge on any atom is 0.131 e. The number of pyridine rings is 1. The molecule has 1 aromatic heterocycles. The lowest BCUT2D eigenvalue weighted by atomic mass is 9.91. The highest BCUT2D eigenvalue weighted by Gasteiger charge is 2.18. The molecule has 0 unspecified atom stereocenters. The smallest absolute Gasteiger partial charge is 0.131 e.